The van der Waals surface area contributed by atoms with Crippen molar-refractivity contribution in [1.29, 1.82) is 0 Å². The number of halogens is 1. The van der Waals surface area contributed by atoms with Crippen LogP contribution < -0.4 is 5.90 Å². The average molecular weight is 186 g/mol. The normalized spacial score (nSPS) is 15.4. The van der Waals surface area contributed by atoms with E-state index in [1.54, 1.807) is 0 Å². The van der Waals surface area contributed by atoms with Crippen LogP contribution in [0.4, 0.5) is 0 Å². The van der Waals surface area contributed by atoms with Crippen LogP contribution in [0.5, 0.6) is 0 Å². The molecule has 0 amide bonds. The van der Waals surface area contributed by atoms with Crippen molar-refractivity contribution in [3.8, 4) is 0 Å². The highest BCUT2D eigenvalue weighted by Gasteiger charge is 2.20. The molecule has 0 aliphatic heterocycles. The molecule has 0 spiro atoms. The maximum atomic E-state index is 5.11. The molecule has 0 radical (unpaired) electrons. The molecule has 0 atom stereocenters. The van der Waals surface area contributed by atoms with Gasteiger partial charge in [-0.15, -0.1) is 12.4 Å². The van der Waals surface area contributed by atoms with E-state index in [2.05, 4.69) is 24.3 Å². The summed E-state index contributed by atoms with van der Waals surface area (Å²) in [5.74, 6) is 5.11. The lowest BCUT2D eigenvalue weighted by Gasteiger charge is -2.02. The first-order chi connectivity index (χ1) is 5.40. The van der Waals surface area contributed by atoms with Crippen LogP contribution in [0, 0.1) is 0 Å². The molecule has 0 fully saturated rings. The second-order valence-electron chi connectivity index (χ2n) is 2.94. The number of hydrogen-bond acceptors (Lipinski definition) is 2. The molecule has 0 aromatic heterocycles. The number of fused-ring (bicyclic) bond motifs is 1. The third-order valence-electron chi connectivity index (χ3n) is 2.21. The van der Waals surface area contributed by atoms with Crippen molar-refractivity contribution in [2.75, 3.05) is 0 Å². The average Bonchev–Trinajstić information content (AvgIpc) is 2.46. The lowest BCUT2D eigenvalue weighted by atomic mass is 10.1. The minimum absolute atomic E-state index is 0. The summed E-state index contributed by atoms with van der Waals surface area (Å²) in [4.78, 5) is 4.79. The molecule has 3 heteroatoms. The molecule has 0 unspecified atom stereocenters. The summed E-state index contributed by atoms with van der Waals surface area (Å²) in [6.45, 7) is 0. The topological polar surface area (TPSA) is 35.2 Å². The third-order valence-corrected chi connectivity index (χ3v) is 2.21. The Bertz CT molecular complexity index is 239. The molecule has 0 saturated heterocycles. The van der Waals surface area contributed by atoms with Gasteiger partial charge in [0.15, 0.2) is 0 Å². The van der Waals surface area contributed by atoms with Gasteiger partial charge in [-0.1, -0.05) is 24.3 Å². The van der Waals surface area contributed by atoms with Crippen LogP contribution in [-0.2, 0) is 17.7 Å². The number of benzene rings is 1. The molecular formula is C9H12ClNO. The van der Waals surface area contributed by atoms with E-state index in [0.717, 1.165) is 12.8 Å². The second-order valence-corrected chi connectivity index (χ2v) is 2.94. The third kappa shape index (κ3) is 1.61. The summed E-state index contributed by atoms with van der Waals surface area (Å²) in [5, 5.41) is 0. The summed E-state index contributed by atoms with van der Waals surface area (Å²) in [6, 6.07) is 8.37. The van der Waals surface area contributed by atoms with Crippen molar-refractivity contribution in [3.05, 3.63) is 35.4 Å². The maximum Gasteiger partial charge on any atom is 0.0868 e. The molecule has 2 rings (SSSR count). The predicted octanol–water partition coefficient (Wildman–Crippen LogP) is 1.47. The number of rotatable bonds is 1. The van der Waals surface area contributed by atoms with Gasteiger partial charge in [0, 0.05) is 12.8 Å². The summed E-state index contributed by atoms with van der Waals surface area (Å²) < 4.78 is 0. The minimum Gasteiger partial charge on any atom is -0.301 e. The number of nitrogens with two attached hydrogens (primary N) is 1. The standard InChI is InChI=1S/C9H11NO.ClH/c10-11-9-5-7-3-1-2-4-8(7)6-9;/h1-4,9H,5-6,10H2;1H. The van der Waals surface area contributed by atoms with Crippen LogP contribution in [0.25, 0.3) is 0 Å². The van der Waals surface area contributed by atoms with Gasteiger partial charge < -0.3 is 4.84 Å². The smallest absolute Gasteiger partial charge is 0.0868 e. The van der Waals surface area contributed by atoms with Crippen LogP contribution in [0.3, 0.4) is 0 Å². The molecule has 2 nitrogen and oxygen atoms in total. The zero-order chi connectivity index (χ0) is 7.68. The largest absolute Gasteiger partial charge is 0.301 e. The van der Waals surface area contributed by atoms with E-state index >= 15 is 0 Å². The lowest BCUT2D eigenvalue weighted by molar-refractivity contribution is 0.0612. The summed E-state index contributed by atoms with van der Waals surface area (Å²) in [7, 11) is 0. The van der Waals surface area contributed by atoms with Crippen LogP contribution in [0.15, 0.2) is 24.3 Å². The Morgan fingerprint density at radius 1 is 1.17 bits per heavy atom. The van der Waals surface area contributed by atoms with Crippen LogP contribution in [0.1, 0.15) is 11.1 Å². The first-order valence-corrected chi connectivity index (χ1v) is 3.82. The fraction of sp³-hybridized carbons (Fsp3) is 0.333. The molecule has 0 heterocycles. The van der Waals surface area contributed by atoms with E-state index in [1.807, 2.05) is 0 Å². The zero-order valence-electron chi connectivity index (χ0n) is 6.69. The van der Waals surface area contributed by atoms with E-state index in [1.165, 1.54) is 11.1 Å². The second kappa shape index (κ2) is 3.90. The predicted molar refractivity (Wildman–Crippen MR) is 50.2 cm³/mol. The Balaban J connectivity index is 0.000000720. The Labute approximate surface area is 78.1 Å². The highest BCUT2D eigenvalue weighted by molar-refractivity contribution is 5.85. The van der Waals surface area contributed by atoms with E-state index in [0.29, 0.717) is 0 Å². The Morgan fingerprint density at radius 2 is 1.67 bits per heavy atom. The Kier molecular flexibility index (Phi) is 3.09. The molecular weight excluding hydrogens is 174 g/mol. The summed E-state index contributed by atoms with van der Waals surface area (Å²) >= 11 is 0. The Morgan fingerprint density at radius 3 is 2.08 bits per heavy atom. The van der Waals surface area contributed by atoms with Gasteiger partial charge in [-0.05, 0) is 11.1 Å². The van der Waals surface area contributed by atoms with Gasteiger partial charge >= 0.3 is 0 Å². The zero-order valence-corrected chi connectivity index (χ0v) is 7.51. The van der Waals surface area contributed by atoms with Crippen molar-refractivity contribution >= 4 is 12.4 Å². The molecule has 0 saturated carbocycles. The van der Waals surface area contributed by atoms with E-state index in [4.69, 9.17) is 10.7 Å². The summed E-state index contributed by atoms with van der Waals surface area (Å²) in [6.07, 6.45) is 2.13. The summed E-state index contributed by atoms with van der Waals surface area (Å²) in [5.41, 5.74) is 2.76. The van der Waals surface area contributed by atoms with Crippen LogP contribution in [0.2, 0.25) is 0 Å². The monoisotopic (exact) mass is 185 g/mol. The lowest BCUT2D eigenvalue weighted by Crippen LogP contribution is -2.16. The molecule has 1 aliphatic carbocycles. The van der Waals surface area contributed by atoms with E-state index in [9.17, 15) is 0 Å². The quantitative estimate of drug-likeness (QED) is 0.673. The van der Waals surface area contributed by atoms with Gasteiger partial charge in [0.1, 0.15) is 0 Å². The van der Waals surface area contributed by atoms with Crippen molar-refractivity contribution in [2.45, 2.75) is 18.9 Å². The molecule has 1 aliphatic rings. The molecule has 2 N–H and O–H groups in total. The van der Waals surface area contributed by atoms with Gasteiger partial charge in [-0.2, -0.15) is 0 Å². The molecule has 1 aromatic rings. The highest BCUT2D eigenvalue weighted by atomic mass is 35.5. The van der Waals surface area contributed by atoms with Gasteiger partial charge in [0.25, 0.3) is 0 Å². The van der Waals surface area contributed by atoms with Gasteiger partial charge in [0.2, 0.25) is 0 Å². The first-order valence-electron chi connectivity index (χ1n) is 3.82. The van der Waals surface area contributed by atoms with Gasteiger partial charge in [-0.3, -0.25) is 0 Å². The fourth-order valence-corrected chi connectivity index (χ4v) is 1.61. The molecule has 12 heavy (non-hydrogen) atoms. The van der Waals surface area contributed by atoms with Crippen molar-refractivity contribution in [2.24, 2.45) is 5.90 Å². The van der Waals surface area contributed by atoms with Gasteiger partial charge in [0.05, 0.1) is 6.10 Å². The number of hydrogen-bond donors (Lipinski definition) is 1. The fourth-order valence-electron chi connectivity index (χ4n) is 1.61. The van der Waals surface area contributed by atoms with Crippen LogP contribution >= 0.6 is 12.4 Å². The molecule has 66 valence electrons. The maximum absolute atomic E-state index is 5.11. The minimum atomic E-state index is 0. The molecule has 0 bridgehead atoms. The van der Waals surface area contributed by atoms with Gasteiger partial charge in [-0.25, -0.2) is 5.90 Å². The Hall–Kier alpha value is -0.570. The van der Waals surface area contributed by atoms with Crippen LogP contribution in [-0.4, -0.2) is 6.10 Å². The van der Waals surface area contributed by atoms with Crippen molar-refractivity contribution < 1.29 is 4.84 Å². The van der Waals surface area contributed by atoms with Crippen molar-refractivity contribution in [3.63, 3.8) is 0 Å². The molecule has 1 aromatic carbocycles. The van der Waals surface area contributed by atoms with Crippen molar-refractivity contribution in [1.82, 2.24) is 0 Å². The van der Waals surface area contributed by atoms with E-state index in [-0.39, 0.29) is 18.5 Å². The SMILES string of the molecule is Cl.NOC1Cc2ccccc2C1. The first kappa shape index (κ1) is 9.52. The highest BCUT2D eigenvalue weighted by Crippen LogP contribution is 2.22. The van der Waals surface area contributed by atoms with E-state index < -0.39 is 0 Å².